The maximum absolute atomic E-state index is 12.0. The summed E-state index contributed by atoms with van der Waals surface area (Å²) >= 11 is 0. The fourth-order valence-electron chi connectivity index (χ4n) is 2.47. The molecule has 2 rings (SSSR count). The predicted molar refractivity (Wildman–Crippen MR) is 71.5 cm³/mol. The predicted octanol–water partition coefficient (Wildman–Crippen LogP) is 1.65. The molecule has 18 heavy (non-hydrogen) atoms. The van der Waals surface area contributed by atoms with Gasteiger partial charge in [0.05, 0.1) is 5.56 Å². The normalized spacial score (nSPS) is 23.7. The summed E-state index contributed by atoms with van der Waals surface area (Å²) < 4.78 is 0. The number of nitrogens with zero attached hydrogens (tertiary/aromatic N) is 1. The number of hydrogen-bond donors (Lipinski definition) is 2. The summed E-state index contributed by atoms with van der Waals surface area (Å²) in [5.41, 5.74) is 1.67. The van der Waals surface area contributed by atoms with Gasteiger partial charge in [0, 0.05) is 24.5 Å². The summed E-state index contributed by atoms with van der Waals surface area (Å²) in [4.78, 5) is 16.1. The molecule has 98 valence electrons. The Hall–Kier alpha value is -1.42. The van der Waals surface area contributed by atoms with Crippen molar-refractivity contribution in [1.82, 2.24) is 15.6 Å². The molecule has 1 saturated carbocycles. The second-order valence-corrected chi connectivity index (χ2v) is 5.06. The minimum atomic E-state index is -0.000826. The molecule has 0 saturated heterocycles. The Labute approximate surface area is 108 Å². The lowest BCUT2D eigenvalue weighted by Gasteiger charge is -2.28. The van der Waals surface area contributed by atoms with Crippen molar-refractivity contribution < 1.29 is 4.79 Å². The van der Waals surface area contributed by atoms with Gasteiger partial charge in [-0.05, 0) is 51.3 Å². The summed E-state index contributed by atoms with van der Waals surface area (Å²) in [6, 6.07) is 2.79. The van der Waals surface area contributed by atoms with E-state index >= 15 is 0 Å². The monoisotopic (exact) mass is 247 g/mol. The van der Waals surface area contributed by atoms with Crippen LogP contribution in [-0.2, 0) is 0 Å². The third-order valence-corrected chi connectivity index (χ3v) is 3.61. The van der Waals surface area contributed by atoms with Crippen molar-refractivity contribution in [3.63, 3.8) is 0 Å². The average Bonchev–Trinajstić information content (AvgIpc) is 2.39. The Balaban J connectivity index is 1.89. The van der Waals surface area contributed by atoms with E-state index in [4.69, 9.17) is 0 Å². The van der Waals surface area contributed by atoms with Crippen LogP contribution in [0.5, 0.6) is 0 Å². The molecule has 1 aliphatic carbocycles. The highest BCUT2D eigenvalue weighted by Gasteiger charge is 2.21. The van der Waals surface area contributed by atoms with Gasteiger partial charge in [0.2, 0.25) is 0 Å². The molecule has 0 aliphatic heterocycles. The Morgan fingerprint density at radius 1 is 1.22 bits per heavy atom. The first-order valence-corrected chi connectivity index (χ1v) is 6.59. The average molecular weight is 247 g/mol. The molecule has 4 heteroatoms. The molecular formula is C14H21N3O. The minimum absolute atomic E-state index is 0.000826. The molecule has 0 spiro atoms. The number of nitrogens with one attached hydrogen (secondary N) is 2. The van der Waals surface area contributed by atoms with Crippen LogP contribution in [0.2, 0.25) is 0 Å². The molecule has 1 fully saturated rings. The SMILES string of the molecule is CNC1CCC(NC(=O)c2cncc(C)c2)CC1. The first-order valence-electron chi connectivity index (χ1n) is 6.59. The second-order valence-electron chi connectivity index (χ2n) is 5.06. The van der Waals surface area contributed by atoms with E-state index in [2.05, 4.69) is 15.6 Å². The molecule has 1 heterocycles. The van der Waals surface area contributed by atoms with Gasteiger partial charge in [-0.25, -0.2) is 0 Å². The highest BCUT2D eigenvalue weighted by Crippen LogP contribution is 2.18. The highest BCUT2D eigenvalue weighted by atomic mass is 16.1. The zero-order valence-electron chi connectivity index (χ0n) is 11.1. The number of carbonyl (C=O) groups is 1. The second kappa shape index (κ2) is 5.96. The van der Waals surface area contributed by atoms with Gasteiger partial charge in [0.1, 0.15) is 0 Å². The van der Waals surface area contributed by atoms with Gasteiger partial charge < -0.3 is 10.6 Å². The van der Waals surface area contributed by atoms with E-state index in [1.807, 2.05) is 20.0 Å². The van der Waals surface area contributed by atoms with E-state index in [1.54, 1.807) is 12.4 Å². The van der Waals surface area contributed by atoms with Crippen LogP contribution in [0.25, 0.3) is 0 Å². The van der Waals surface area contributed by atoms with Gasteiger partial charge in [-0.15, -0.1) is 0 Å². The number of aromatic nitrogens is 1. The van der Waals surface area contributed by atoms with Crippen LogP contribution >= 0.6 is 0 Å². The van der Waals surface area contributed by atoms with Crippen LogP contribution in [0.4, 0.5) is 0 Å². The van der Waals surface area contributed by atoms with E-state index < -0.39 is 0 Å². The number of carbonyl (C=O) groups excluding carboxylic acids is 1. The van der Waals surface area contributed by atoms with Crippen molar-refractivity contribution >= 4 is 5.91 Å². The van der Waals surface area contributed by atoms with Gasteiger partial charge in [0.25, 0.3) is 5.91 Å². The van der Waals surface area contributed by atoms with E-state index in [1.165, 1.54) is 0 Å². The minimum Gasteiger partial charge on any atom is -0.349 e. The third kappa shape index (κ3) is 3.29. The number of amides is 1. The first kappa shape index (κ1) is 13.0. The molecule has 1 aromatic heterocycles. The van der Waals surface area contributed by atoms with Gasteiger partial charge in [-0.2, -0.15) is 0 Å². The topological polar surface area (TPSA) is 54.0 Å². The molecule has 4 nitrogen and oxygen atoms in total. The standard InChI is InChI=1S/C14H21N3O/c1-10-7-11(9-16-8-10)14(18)17-13-5-3-12(15-2)4-6-13/h7-9,12-13,15H,3-6H2,1-2H3,(H,17,18). The van der Waals surface area contributed by atoms with Crippen LogP contribution in [-0.4, -0.2) is 30.0 Å². The fraction of sp³-hybridized carbons (Fsp3) is 0.571. The van der Waals surface area contributed by atoms with E-state index in [0.29, 0.717) is 17.6 Å². The van der Waals surface area contributed by atoms with E-state index in [-0.39, 0.29) is 5.91 Å². The van der Waals surface area contributed by atoms with Crippen LogP contribution in [0.1, 0.15) is 41.6 Å². The summed E-state index contributed by atoms with van der Waals surface area (Å²) in [7, 11) is 2.00. The maximum Gasteiger partial charge on any atom is 0.253 e. The molecule has 0 radical (unpaired) electrons. The van der Waals surface area contributed by atoms with Crippen LogP contribution < -0.4 is 10.6 Å². The lowest BCUT2D eigenvalue weighted by Crippen LogP contribution is -2.41. The van der Waals surface area contributed by atoms with Crippen LogP contribution in [0.3, 0.4) is 0 Å². The summed E-state index contributed by atoms with van der Waals surface area (Å²) in [5.74, 6) is -0.000826. The Bertz CT molecular complexity index is 411. The number of pyridine rings is 1. The fourth-order valence-corrected chi connectivity index (χ4v) is 2.47. The summed E-state index contributed by atoms with van der Waals surface area (Å²) in [6.07, 6.45) is 7.75. The summed E-state index contributed by atoms with van der Waals surface area (Å²) in [6.45, 7) is 1.95. The van der Waals surface area contributed by atoms with Crippen molar-refractivity contribution in [2.75, 3.05) is 7.05 Å². The van der Waals surface area contributed by atoms with Crippen molar-refractivity contribution in [2.24, 2.45) is 0 Å². The molecule has 1 amide bonds. The van der Waals surface area contributed by atoms with E-state index in [9.17, 15) is 4.79 Å². The Kier molecular flexibility index (Phi) is 4.31. The van der Waals surface area contributed by atoms with Crippen LogP contribution in [0, 0.1) is 6.92 Å². The quantitative estimate of drug-likeness (QED) is 0.854. The molecule has 0 atom stereocenters. The largest absolute Gasteiger partial charge is 0.349 e. The molecule has 1 aromatic rings. The zero-order chi connectivity index (χ0) is 13.0. The number of hydrogen-bond acceptors (Lipinski definition) is 3. The lowest BCUT2D eigenvalue weighted by molar-refractivity contribution is 0.0924. The number of aryl methyl sites for hydroxylation is 1. The highest BCUT2D eigenvalue weighted by molar-refractivity contribution is 5.94. The third-order valence-electron chi connectivity index (χ3n) is 3.61. The van der Waals surface area contributed by atoms with Crippen molar-refractivity contribution in [1.29, 1.82) is 0 Å². The lowest BCUT2D eigenvalue weighted by atomic mass is 9.91. The molecular weight excluding hydrogens is 226 g/mol. The van der Waals surface area contributed by atoms with Gasteiger partial charge >= 0.3 is 0 Å². The van der Waals surface area contributed by atoms with Crippen LogP contribution in [0.15, 0.2) is 18.5 Å². The maximum atomic E-state index is 12.0. The van der Waals surface area contributed by atoms with Gasteiger partial charge in [0.15, 0.2) is 0 Å². The molecule has 0 bridgehead atoms. The zero-order valence-corrected chi connectivity index (χ0v) is 11.1. The van der Waals surface area contributed by atoms with Crippen molar-refractivity contribution in [3.8, 4) is 0 Å². The van der Waals surface area contributed by atoms with Gasteiger partial charge in [-0.1, -0.05) is 0 Å². The Morgan fingerprint density at radius 3 is 2.50 bits per heavy atom. The molecule has 0 aromatic carbocycles. The van der Waals surface area contributed by atoms with Crippen molar-refractivity contribution in [2.45, 2.75) is 44.7 Å². The smallest absolute Gasteiger partial charge is 0.253 e. The molecule has 2 N–H and O–H groups in total. The molecule has 0 unspecified atom stereocenters. The molecule has 1 aliphatic rings. The van der Waals surface area contributed by atoms with Crippen molar-refractivity contribution in [3.05, 3.63) is 29.6 Å². The Morgan fingerprint density at radius 2 is 1.89 bits per heavy atom. The number of rotatable bonds is 3. The first-order chi connectivity index (χ1) is 8.69. The summed E-state index contributed by atoms with van der Waals surface area (Å²) in [5, 5.41) is 6.39. The van der Waals surface area contributed by atoms with Gasteiger partial charge in [-0.3, -0.25) is 9.78 Å². The van der Waals surface area contributed by atoms with E-state index in [0.717, 1.165) is 31.2 Å².